The molecule has 0 atom stereocenters. The fourth-order valence-corrected chi connectivity index (χ4v) is 2.21. The van der Waals surface area contributed by atoms with Crippen molar-refractivity contribution in [1.82, 2.24) is 4.90 Å². The average molecular weight is 304 g/mol. The molecule has 0 aliphatic rings. The Kier molecular flexibility index (Phi) is 4.82. The summed E-state index contributed by atoms with van der Waals surface area (Å²) in [6.07, 6.45) is 0.859. The maximum Gasteiger partial charge on any atom is 0.349 e. The van der Waals surface area contributed by atoms with Crippen molar-refractivity contribution in [3.8, 4) is 11.5 Å². The number of rotatable bonds is 5. The van der Waals surface area contributed by atoms with E-state index < -0.39 is 5.63 Å². The van der Waals surface area contributed by atoms with Gasteiger partial charge in [-0.3, -0.25) is 4.99 Å². The largest absolute Gasteiger partial charge is 0.508 e. The molecule has 0 unspecified atom stereocenters. The molecule has 0 radical (unpaired) electrons. The minimum absolute atomic E-state index is 0.0307. The standard InChI is InChI=1S/C16H20N2O4/c1-10(17-7-4-8-18(2)3)14-15(20)12-6-5-11(19)9-13(12)22-16(14)21/h5-6,9,19-20H,4,7-8H2,1-3H3. The number of fused-ring (bicyclic) bond motifs is 1. The normalized spacial score (nSPS) is 12.3. The van der Waals surface area contributed by atoms with Gasteiger partial charge < -0.3 is 19.5 Å². The van der Waals surface area contributed by atoms with Gasteiger partial charge in [-0.1, -0.05) is 0 Å². The summed E-state index contributed by atoms with van der Waals surface area (Å²) in [5.41, 5.74) is -0.000795. The van der Waals surface area contributed by atoms with Crippen LogP contribution >= 0.6 is 0 Å². The van der Waals surface area contributed by atoms with Crippen molar-refractivity contribution < 1.29 is 14.6 Å². The molecule has 22 heavy (non-hydrogen) atoms. The van der Waals surface area contributed by atoms with E-state index in [0.717, 1.165) is 13.0 Å². The highest BCUT2D eigenvalue weighted by atomic mass is 16.4. The first-order chi connectivity index (χ1) is 10.4. The summed E-state index contributed by atoms with van der Waals surface area (Å²) in [6.45, 7) is 3.14. The summed E-state index contributed by atoms with van der Waals surface area (Å²) in [4.78, 5) is 18.4. The van der Waals surface area contributed by atoms with E-state index in [1.54, 1.807) is 6.92 Å². The van der Waals surface area contributed by atoms with Gasteiger partial charge in [0.25, 0.3) is 0 Å². The van der Waals surface area contributed by atoms with Gasteiger partial charge in [-0.25, -0.2) is 4.79 Å². The van der Waals surface area contributed by atoms with Gasteiger partial charge in [0.15, 0.2) is 0 Å². The predicted molar refractivity (Wildman–Crippen MR) is 86.1 cm³/mol. The van der Waals surface area contributed by atoms with E-state index in [1.165, 1.54) is 18.2 Å². The number of benzene rings is 1. The summed E-state index contributed by atoms with van der Waals surface area (Å²) in [5.74, 6) is -0.197. The minimum Gasteiger partial charge on any atom is -0.508 e. The average Bonchev–Trinajstić information content (AvgIpc) is 2.42. The molecule has 0 aliphatic heterocycles. The van der Waals surface area contributed by atoms with Crippen molar-refractivity contribution >= 4 is 16.7 Å². The van der Waals surface area contributed by atoms with Crippen LogP contribution in [0.5, 0.6) is 11.5 Å². The van der Waals surface area contributed by atoms with Crippen molar-refractivity contribution in [2.45, 2.75) is 13.3 Å². The van der Waals surface area contributed by atoms with Crippen molar-refractivity contribution in [3.63, 3.8) is 0 Å². The zero-order chi connectivity index (χ0) is 16.3. The number of aliphatic imine (C=N–C) groups is 1. The fourth-order valence-electron chi connectivity index (χ4n) is 2.21. The Bertz CT molecular complexity index is 763. The van der Waals surface area contributed by atoms with Gasteiger partial charge in [-0.2, -0.15) is 0 Å². The molecule has 2 aromatic rings. The molecule has 0 saturated heterocycles. The van der Waals surface area contributed by atoms with Crippen LogP contribution in [0, 0.1) is 0 Å². The second-order valence-electron chi connectivity index (χ2n) is 5.42. The Hall–Kier alpha value is -2.34. The van der Waals surface area contributed by atoms with E-state index in [-0.39, 0.29) is 22.6 Å². The highest BCUT2D eigenvalue weighted by Gasteiger charge is 2.16. The highest BCUT2D eigenvalue weighted by molar-refractivity contribution is 6.04. The van der Waals surface area contributed by atoms with Crippen LogP contribution < -0.4 is 5.63 Å². The lowest BCUT2D eigenvalue weighted by atomic mass is 10.1. The van der Waals surface area contributed by atoms with Crippen molar-refractivity contribution in [3.05, 3.63) is 34.2 Å². The first kappa shape index (κ1) is 16.0. The molecular formula is C16H20N2O4. The third-order valence-corrected chi connectivity index (χ3v) is 3.34. The molecule has 118 valence electrons. The molecule has 2 N–H and O–H groups in total. The van der Waals surface area contributed by atoms with Crippen LogP contribution in [0.4, 0.5) is 0 Å². The molecule has 2 rings (SSSR count). The highest BCUT2D eigenvalue weighted by Crippen LogP contribution is 2.29. The number of hydrogen-bond donors (Lipinski definition) is 2. The maximum absolute atomic E-state index is 12.1. The summed E-state index contributed by atoms with van der Waals surface area (Å²) < 4.78 is 5.16. The maximum atomic E-state index is 12.1. The van der Waals surface area contributed by atoms with E-state index in [2.05, 4.69) is 9.89 Å². The molecule has 0 saturated carbocycles. The van der Waals surface area contributed by atoms with E-state index in [1.807, 2.05) is 14.1 Å². The van der Waals surface area contributed by atoms with Crippen LogP contribution in [0.15, 0.2) is 32.4 Å². The van der Waals surface area contributed by atoms with E-state index >= 15 is 0 Å². The molecule has 0 amide bonds. The van der Waals surface area contributed by atoms with E-state index in [0.29, 0.717) is 17.6 Å². The molecule has 6 heteroatoms. The second-order valence-corrected chi connectivity index (χ2v) is 5.42. The third-order valence-electron chi connectivity index (χ3n) is 3.34. The van der Waals surface area contributed by atoms with Gasteiger partial charge in [-0.15, -0.1) is 0 Å². The first-order valence-corrected chi connectivity index (χ1v) is 7.05. The second kappa shape index (κ2) is 6.62. The summed E-state index contributed by atoms with van der Waals surface area (Å²) >= 11 is 0. The Labute approximate surface area is 128 Å². The fraction of sp³-hybridized carbons (Fsp3) is 0.375. The molecule has 1 aromatic carbocycles. The summed E-state index contributed by atoms with van der Waals surface area (Å²) in [6, 6.07) is 4.23. The Balaban J connectivity index is 2.36. The van der Waals surface area contributed by atoms with Crippen LogP contribution in [0.1, 0.15) is 18.9 Å². The zero-order valence-electron chi connectivity index (χ0n) is 13.0. The van der Waals surface area contributed by atoms with Gasteiger partial charge >= 0.3 is 5.63 Å². The Morgan fingerprint density at radius 3 is 2.73 bits per heavy atom. The van der Waals surface area contributed by atoms with Crippen LogP contribution in [0.2, 0.25) is 0 Å². The summed E-state index contributed by atoms with van der Waals surface area (Å²) in [5, 5.41) is 20.1. The van der Waals surface area contributed by atoms with E-state index in [9.17, 15) is 15.0 Å². The lowest BCUT2D eigenvalue weighted by molar-refractivity contribution is 0.403. The third kappa shape index (κ3) is 3.46. The van der Waals surface area contributed by atoms with Crippen molar-refractivity contribution in [2.75, 3.05) is 27.2 Å². The van der Waals surface area contributed by atoms with Gasteiger partial charge in [0.05, 0.1) is 11.1 Å². The molecule has 0 spiro atoms. The Morgan fingerprint density at radius 2 is 2.05 bits per heavy atom. The van der Waals surface area contributed by atoms with Crippen molar-refractivity contribution in [2.24, 2.45) is 4.99 Å². The number of nitrogens with zero attached hydrogens (tertiary/aromatic N) is 2. The lowest BCUT2D eigenvalue weighted by Gasteiger charge is -2.08. The van der Waals surface area contributed by atoms with Crippen LogP contribution in [0.3, 0.4) is 0 Å². The summed E-state index contributed by atoms with van der Waals surface area (Å²) in [7, 11) is 3.96. The van der Waals surface area contributed by atoms with Gasteiger partial charge in [0, 0.05) is 12.6 Å². The number of phenolic OH excluding ortho intramolecular Hbond substituents is 1. The number of hydrogen-bond acceptors (Lipinski definition) is 6. The zero-order valence-corrected chi connectivity index (χ0v) is 13.0. The molecule has 6 nitrogen and oxygen atoms in total. The molecule has 0 fully saturated rings. The van der Waals surface area contributed by atoms with Gasteiger partial charge in [0.1, 0.15) is 22.6 Å². The minimum atomic E-state index is -0.663. The SMILES string of the molecule is CC(=NCCCN(C)C)c1c(O)c2ccc(O)cc2oc1=O. The molecular weight excluding hydrogens is 284 g/mol. The number of phenols is 1. The Morgan fingerprint density at radius 1 is 1.32 bits per heavy atom. The van der Waals surface area contributed by atoms with E-state index in [4.69, 9.17) is 4.42 Å². The quantitative estimate of drug-likeness (QED) is 0.501. The smallest absolute Gasteiger partial charge is 0.349 e. The van der Waals surface area contributed by atoms with Crippen LogP contribution in [-0.4, -0.2) is 48.0 Å². The monoisotopic (exact) mass is 304 g/mol. The predicted octanol–water partition coefficient (Wildman–Crippen LogP) is 1.96. The molecule has 1 aromatic heterocycles. The van der Waals surface area contributed by atoms with Gasteiger partial charge in [-0.05, 0) is 46.1 Å². The first-order valence-electron chi connectivity index (χ1n) is 7.05. The van der Waals surface area contributed by atoms with Crippen molar-refractivity contribution in [1.29, 1.82) is 0 Å². The topological polar surface area (TPSA) is 86.3 Å². The molecule has 0 aliphatic carbocycles. The van der Waals surface area contributed by atoms with Gasteiger partial charge in [0.2, 0.25) is 0 Å². The van der Waals surface area contributed by atoms with Crippen LogP contribution in [0.25, 0.3) is 11.0 Å². The molecule has 1 heterocycles. The molecule has 0 bridgehead atoms. The lowest BCUT2D eigenvalue weighted by Crippen LogP contribution is -2.15. The van der Waals surface area contributed by atoms with Crippen LogP contribution in [-0.2, 0) is 0 Å². The number of aromatic hydroxyl groups is 2.